The summed E-state index contributed by atoms with van der Waals surface area (Å²) in [6, 6.07) is 0. The van der Waals surface area contributed by atoms with Crippen LogP contribution in [0, 0.1) is 5.41 Å². The van der Waals surface area contributed by atoms with Gasteiger partial charge in [-0.3, -0.25) is 4.79 Å². The Balaban J connectivity index is 2.79. The van der Waals surface area contributed by atoms with Crippen LogP contribution >= 0.6 is 0 Å². The number of esters is 1. The number of hydrogen-bond acceptors (Lipinski definition) is 3. The maximum absolute atomic E-state index is 11.2. The summed E-state index contributed by atoms with van der Waals surface area (Å²) in [5.74, 6) is -0.134. The first-order chi connectivity index (χ1) is 4.90. The molecule has 0 bridgehead atoms. The Morgan fingerprint density at radius 2 is 2.09 bits per heavy atom. The Hall–Kier alpha value is -0.570. The summed E-state index contributed by atoms with van der Waals surface area (Å²) in [6.07, 6.45) is 0.718. The molecular weight excluding hydrogens is 142 g/mol. The third kappa shape index (κ3) is 1.38. The highest BCUT2D eigenvalue weighted by Crippen LogP contribution is 2.38. The molecule has 1 rings (SSSR count). The fraction of sp³-hybridized carbons (Fsp3) is 0.875. The van der Waals surface area contributed by atoms with Crippen LogP contribution in [0.4, 0.5) is 0 Å². The average Bonchev–Trinajstić information content (AvgIpc) is 2.04. The molecule has 1 atom stereocenters. The fourth-order valence-corrected chi connectivity index (χ4v) is 1.52. The van der Waals surface area contributed by atoms with Crippen molar-refractivity contribution in [2.75, 3.05) is 6.54 Å². The van der Waals surface area contributed by atoms with Crippen molar-refractivity contribution in [1.82, 2.24) is 0 Å². The zero-order valence-electron chi connectivity index (χ0n) is 7.31. The molecule has 0 saturated carbocycles. The molecule has 0 spiro atoms. The van der Waals surface area contributed by atoms with Gasteiger partial charge in [-0.2, -0.15) is 0 Å². The maximum Gasteiger partial charge on any atom is 0.312 e. The van der Waals surface area contributed by atoms with Crippen LogP contribution in [0.3, 0.4) is 0 Å². The standard InChI is InChI=1S/C8H15NO2/c1-7(2)4-8(3,5-9)11-6(7)10/h4-5,9H2,1-3H3/t8-/m0/s1. The van der Waals surface area contributed by atoms with Gasteiger partial charge in [-0.1, -0.05) is 0 Å². The highest BCUT2D eigenvalue weighted by Gasteiger charge is 2.47. The maximum atomic E-state index is 11.2. The number of cyclic esters (lactones) is 1. The molecule has 0 aromatic carbocycles. The van der Waals surface area contributed by atoms with Gasteiger partial charge in [-0.05, 0) is 20.8 Å². The van der Waals surface area contributed by atoms with E-state index in [4.69, 9.17) is 10.5 Å². The van der Waals surface area contributed by atoms with E-state index >= 15 is 0 Å². The first kappa shape index (κ1) is 8.53. The van der Waals surface area contributed by atoms with Crippen LogP contribution in [0.25, 0.3) is 0 Å². The molecule has 64 valence electrons. The zero-order valence-corrected chi connectivity index (χ0v) is 7.31. The highest BCUT2D eigenvalue weighted by atomic mass is 16.6. The first-order valence-electron chi connectivity index (χ1n) is 3.83. The third-order valence-electron chi connectivity index (χ3n) is 2.14. The minimum Gasteiger partial charge on any atom is -0.458 e. The summed E-state index contributed by atoms with van der Waals surface area (Å²) in [5, 5.41) is 0. The van der Waals surface area contributed by atoms with Crippen molar-refractivity contribution in [2.24, 2.45) is 11.1 Å². The van der Waals surface area contributed by atoms with Gasteiger partial charge in [0, 0.05) is 13.0 Å². The molecule has 11 heavy (non-hydrogen) atoms. The van der Waals surface area contributed by atoms with Crippen molar-refractivity contribution in [3.63, 3.8) is 0 Å². The van der Waals surface area contributed by atoms with Gasteiger partial charge in [-0.15, -0.1) is 0 Å². The molecule has 1 saturated heterocycles. The van der Waals surface area contributed by atoms with E-state index in [0.29, 0.717) is 6.54 Å². The lowest BCUT2D eigenvalue weighted by Crippen LogP contribution is -2.34. The molecule has 1 fully saturated rings. The van der Waals surface area contributed by atoms with Gasteiger partial charge in [0.05, 0.1) is 5.41 Å². The molecule has 0 amide bonds. The quantitative estimate of drug-likeness (QED) is 0.569. The smallest absolute Gasteiger partial charge is 0.312 e. The molecule has 0 aliphatic carbocycles. The van der Waals surface area contributed by atoms with Gasteiger partial charge >= 0.3 is 5.97 Å². The Morgan fingerprint density at radius 1 is 1.55 bits per heavy atom. The van der Waals surface area contributed by atoms with Crippen LogP contribution in [0.5, 0.6) is 0 Å². The van der Waals surface area contributed by atoms with Crippen LogP contribution in [0.2, 0.25) is 0 Å². The molecule has 1 heterocycles. The van der Waals surface area contributed by atoms with Crippen molar-refractivity contribution in [1.29, 1.82) is 0 Å². The van der Waals surface area contributed by atoms with E-state index in [-0.39, 0.29) is 11.4 Å². The van der Waals surface area contributed by atoms with E-state index in [0.717, 1.165) is 6.42 Å². The van der Waals surface area contributed by atoms with Gasteiger partial charge < -0.3 is 10.5 Å². The number of nitrogens with two attached hydrogens (primary N) is 1. The number of carbonyl (C=O) groups is 1. The normalized spacial score (nSPS) is 35.5. The third-order valence-corrected chi connectivity index (χ3v) is 2.14. The lowest BCUT2D eigenvalue weighted by Gasteiger charge is -2.20. The zero-order chi connectivity index (χ0) is 8.70. The average molecular weight is 157 g/mol. The first-order valence-corrected chi connectivity index (χ1v) is 3.83. The summed E-state index contributed by atoms with van der Waals surface area (Å²) in [5.41, 5.74) is 4.69. The molecule has 1 aliphatic heterocycles. The molecule has 1 aliphatic rings. The van der Waals surface area contributed by atoms with Gasteiger partial charge in [0.25, 0.3) is 0 Å². The summed E-state index contributed by atoms with van der Waals surface area (Å²) in [7, 11) is 0. The Kier molecular flexibility index (Phi) is 1.71. The largest absolute Gasteiger partial charge is 0.458 e. The van der Waals surface area contributed by atoms with Crippen LogP contribution in [0.1, 0.15) is 27.2 Å². The Labute approximate surface area is 66.9 Å². The molecule has 0 aromatic rings. The van der Waals surface area contributed by atoms with Crippen molar-refractivity contribution in [2.45, 2.75) is 32.8 Å². The lowest BCUT2D eigenvalue weighted by molar-refractivity contribution is -0.151. The van der Waals surface area contributed by atoms with Crippen LogP contribution in [0.15, 0.2) is 0 Å². The second-order valence-corrected chi connectivity index (χ2v) is 4.10. The number of carbonyl (C=O) groups excluding carboxylic acids is 1. The molecule has 0 unspecified atom stereocenters. The van der Waals surface area contributed by atoms with E-state index in [1.54, 1.807) is 0 Å². The number of ether oxygens (including phenoxy) is 1. The SMILES string of the molecule is CC1(C)C[C@@](C)(CN)OC1=O. The van der Waals surface area contributed by atoms with Gasteiger partial charge in [0.1, 0.15) is 5.60 Å². The molecule has 2 N–H and O–H groups in total. The molecule has 0 aromatic heterocycles. The van der Waals surface area contributed by atoms with E-state index in [9.17, 15) is 4.79 Å². The van der Waals surface area contributed by atoms with Crippen LogP contribution in [-0.2, 0) is 9.53 Å². The number of hydrogen-bond donors (Lipinski definition) is 1. The summed E-state index contributed by atoms with van der Waals surface area (Å²) >= 11 is 0. The van der Waals surface area contributed by atoms with Crippen molar-refractivity contribution in [3.05, 3.63) is 0 Å². The molecular formula is C8H15NO2. The van der Waals surface area contributed by atoms with E-state index in [1.165, 1.54) is 0 Å². The molecule has 0 radical (unpaired) electrons. The highest BCUT2D eigenvalue weighted by molar-refractivity contribution is 5.78. The van der Waals surface area contributed by atoms with Gasteiger partial charge in [0.15, 0.2) is 0 Å². The van der Waals surface area contributed by atoms with Crippen molar-refractivity contribution < 1.29 is 9.53 Å². The topological polar surface area (TPSA) is 52.3 Å². The van der Waals surface area contributed by atoms with E-state index in [1.807, 2.05) is 20.8 Å². The predicted molar refractivity (Wildman–Crippen MR) is 41.9 cm³/mol. The van der Waals surface area contributed by atoms with E-state index < -0.39 is 5.60 Å². The Morgan fingerprint density at radius 3 is 2.27 bits per heavy atom. The molecule has 3 heteroatoms. The Bertz CT molecular complexity index is 189. The van der Waals surface area contributed by atoms with Gasteiger partial charge in [0.2, 0.25) is 0 Å². The summed E-state index contributed by atoms with van der Waals surface area (Å²) < 4.78 is 5.15. The van der Waals surface area contributed by atoms with Crippen molar-refractivity contribution in [3.8, 4) is 0 Å². The lowest BCUT2D eigenvalue weighted by atomic mass is 9.85. The summed E-state index contributed by atoms with van der Waals surface area (Å²) in [4.78, 5) is 11.2. The predicted octanol–water partition coefficient (Wildman–Crippen LogP) is 0.677. The fourth-order valence-electron chi connectivity index (χ4n) is 1.52. The second kappa shape index (κ2) is 2.21. The molecule has 3 nitrogen and oxygen atoms in total. The summed E-state index contributed by atoms with van der Waals surface area (Å²) in [6.45, 7) is 6.05. The van der Waals surface area contributed by atoms with Crippen LogP contribution < -0.4 is 5.73 Å². The monoisotopic (exact) mass is 157 g/mol. The van der Waals surface area contributed by atoms with Gasteiger partial charge in [-0.25, -0.2) is 0 Å². The second-order valence-electron chi connectivity index (χ2n) is 4.10. The van der Waals surface area contributed by atoms with E-state index in [2.05, 4.69) is 0 Å². The minimum atomic E-state index is -0.430. The van der Waals surface area contributed by atoms with Crippen molar-refractivity contribution >= 4 is 5.97 Å². The minimum absolute atomic E-state index is 0.134. The number of rotatable bonds is 1. The van der Waals surface area contributed by atoms with Crippen LogP contribution in [-0.4, -0.2) is 18.1 Å².